The van der Waals surface area contributed by atoms with Crippen LogP contribution in [0.5, 0.6) is 0 Å². The number of carbonyl (C=O) groups is 1. The summed E-state index contributed by atoms with van der Waals surface area (Å²) in [4.78, 5) is 12.8. The van der Waals surface area contributed by atoms with E-state index in [9.17, 15) is 25.8 Å². The highest BCUT2D eigenvalue weighted by atomic mass is 16.6. The molecular formula is C19H16N4O3. The van der Waals surface area contributed by atoms with Crippen molar-refractivity contribution in [3.63, 3.8) is 0 Å². The van der Waals surface area contributed by atoms with Gasteiger partial charge in [-0.25, -0.2) is 0 Å². The van der Waals surface area contributed by atoms with Gasteiger partial charge in [-0.2, -0.15) is 21.0 Å². The smallest absolute Gasteiger partial charge is 0.316 e. The fraction of sp³-hybridized carbons (Fsp3) is 0.526. The zero-order valence-electron chi connectivity index (χ0n) is 14.3. The van der Waals surface area contributed by atoms with E-state index in [-0.39, 0.29) is 0 Å². The van der Waals surface area contributed by atoms with Gasteiger partial charge in [0.2, 0.25) is 5.41 Å². The third-order valence-electron chi connectivity index (χ3n) is 5.52. The van der Waals surface area contributed by atoms with E-state index in [1.165, 1.54) is 18.2 Å². The lowest BCUT2D eigenvalue weighted by molar-refractivity contribution is -0.195. The molecule has 0 N–H and O–H groups in total. The first-order valence-corrected chi connectivity index (χ1v) is 8.27. The topological polar surface area (TPSA) is 131 Å². The minimum absolute atomic E-state index is 0.361. The molecule has 1 saturated heterocycles. The molecule has 0 aromatic carbocycles. The average molecular weight is 348 g/mol. The Morgan fingerprint density at radius 2 is 1.65 bits per heavy atom. The summed E-state index contributed by atoms with van der Waals surface area (Å²) in [5.74, 6) is -2.58. The summed E-state index contributed by atoms with van der Waals surface area (Å²) < 4.78 is 11.6. The van der Waals surface area contributed by atoms with Crippen LogP contribution in [0.1, 0.15) is 20.3 Å². The molecule has 1 fully saturated rings. The fourth-order valence-electron chi connectivity index (χ4n) is 4.33. The van der Waals surface area contributed by atoms with E-state index in [0.29, 0.717) is 6.42 Å². The van der Waals surface area contributed by atoms with Gasteiger partial charge in [-0.15, -0.1) is 0 Å². The molecule has 0 aromatic rings. The van der Waals surface area contributed by atoms with E-state index in [0.717, 1.165) is 0 Å². The number of cyclic esters (lactones) is 1. The fourth-order valence-corrected chi connectivity index (χ4v) is 4.33. The third-order valence-corrected chi connectivity index (χ3v) is 5.52. The number of nitrogens with zero attached hydrogens (tertiary/aromatic N) is 4. The standard InChI is InChI=1S/C19H16N4O3/c1-12-7-13(2)26-19-6-5-14(3-4-15(19)16(24)25-12)17(8-20,9-21)18(19,10-22)11-23/h3-6,12-15H,7H2,1-2H3/t12-,13+,14+,15-,19+/m1/s1. The maximum atomic E-state index is 12.8. The largest absolute Gasteiger partial charge is 0.462 e. The molecule has 4 aliphatic rings. The van der Waals surface area contributed by atoms with Crippen LogP contribution in [0, 0.1) is 68.0 Å². The first-order chi connectivity index (χ1) is 12.4. The van der Waals surface area contributed by atoms with Gasteiger partial charge in [-0.05, 0) is 13.8 Å². The molecule has 1 spiro atoms. The van der Waals surface area contributed by atoms with E-state index >= 15 is 0 Å². The molecule has 4 rings (SSSR count). The van der Waals surface area contributed by atoms with E-state index in [1.807, 2.05) is 24.3 Å². The summed E-state index contributed by atoms with van der Waals surface area (Å²) in [6.45, 7) is 3.48. The average Bonchev–Trinajstić information content (AvgIpc) is 2.84. The highest BCUT2D eigenvalue weighted by molar-refractivity contribution is 5.79. The second-order valence-corrected chi connectivity index (χ2v) is 6.96. The Hall–Kier alpha value is -3.13. The number of nitriles is 4. The highest BCUT2D eigenvalue weighted by Gasteiger charge is 2.75. The number of ether oxygens (including phenoxy) is 2. The third kappa shape index (κ3) is 1.84. The number of rotatable bonds is 0. The molecule has 0 radical (unpaired) electrons. The van der Waals surface area contributed by atoms with Gasteiger partial charge < -0.3 is 9.47 Å². The van der Waals surface area contributed by atoms with Crippen molar-refractivity contribution in [1.82, 2.24) is 0 Å². The molecule has 1 aliphatic heterocycles. The predicted molar refractivity (Wildman–Crippen MR) is 86.0 cm³/mol. The molecule has 7 nitrogen and oxygen atoms in total. The van der Waals surface area contributed by atoms with Crippen molar-refractivity contribution in [2.75, 3.05) is 0 Å². The van der Waals surface area contributed by atoms with Crippen molar-refractivity contribution >= 4 is 5.97 Å². The second kappa shape index (κ2) is 5.70. The molecule has 2 bridgehead atoms. The summed E-state index contributed by atoms with van der Waals surface area (Å²) in [6, 6.07) is 7.57. The summed E-state index contributed by atoms with van der Waals surface area (Å²) in [6.07, 6.45) is 5.58. The number of allylic oxidation sites excluding steroid dienone is 2. The van der Waals surface area contributed by atoms with Crippen LogP contribution in [0.15, 0.2) is 24.3 Å². The first kappa shape index (κ1) is 17.7. The zero-order chi connectivity index (χ0) is 19.2. The molecule has 0 saturated carbocycles. The van der Waals surface area contributed by atoms with Crippen molar-refractivity contribution in [2.45, 2.75) is 38.1 Å². The van der Waals surface area contributed by atoms with Crippen LogP contribution in [0.4, 0.5) is 0 Å². The quantitative estimate of drug-likeness (QED) is 0.482. The summed E-state index contributed by atoms with van der Waals surface area (Å²) in [5.41, 5.74) is -6.01. The van der Waals surface area contributed by atoms with Crippen LogP contribution in [0.3, 0.4) is 0 Å². The van der Waals surface area contributed by atoms with Crippen LogP contribution < -0.4 is 0 Å². The lowest BCUT2D eigenvalue weighted by Gasteiger charge is -2.51. The number of esters is 1. The predicted octanol–water partition coefficient (Wildman–Crippen LogP) is 1.90. The zero-order valence-corrected chi connectivity index (χ0v) is 14.3. The monoisotopic (exact) mass is 348 g/mol. The minimum Gasteiger partial charge on any atom is -0.462 e. The van der Waals surface area contributed by atoms with Gasteiger partial charge in [-0.1, -0.05) is 24.3 Å². The van der Waals surface area contributed by atoms with Gasteiger partial charge in [0.25, 0.3) is 0 Å². The summed E-state index contributed by atoms with van der Waals surface area (Å²) in [7, 11) is 0. The maximum absolute atomic E-state index is 12.8. The van der Waals surface area contributed by atoms with E-state index in [4.69, 9.17) is 9.47 Å². The van der Waals surface area contributed by atoms with Gasteiger partial charge in [0.1, 0.15) is 17.6 Å². The van der Waals surface area contributed by atoms with E-state index < -0.39 is 46.4 Å². The number of fused-ring (bicyclic) bond motifs is 1. The number of carbonyl (C=O) groups excluding carboxylic acids is 1. The highest BCUT2D eigenvalue weighted by Crippen LogP contribution is 2.61. The Morgan fingerprint density at radius 1 is 1.00 bits per heavy atom. The SMILES string of the molecule is C[C@@H]1C[C@H](C)O[C@@]23C=C[C@H](C=C[C@@H]2C(=O)O1)C(C#N)(C#N)C3(C#N)C#N. The van der Waals surface area contributed by atoms with Gasteiger partial charge in [-0.3, -0.25) is 4.79 Å². The minimum atomic E-state index is -2.20. The Kier molecular flexibility index (Phi) is 3.88. The van der Waals surface area contributed by atoms with Crippen molar-refractivity contribution < 1.29 is 14.3 Å². The summed E-state index contributed by atoms with van der Waals surface area (Å²) in [5, 5.41) is 39.8. The molecule has 0 unspecified atom stereocenters. The Morgan fingerprint density at radius 3 is 2.23 bits per heavy atom. The van der Waals surface area contributed by atoms with Gasteiger partial charge in [0.05, 0.1) is 30.4 Å². The summed E-state index contributed by atoms with van der Waals surface area (Å²) >= 11 is 0. The van der Waals surface area contributed by atoms with Crippen LogP contribution in [-0.2, 0) is 14.3 Å². The molecule has 1 heterocycles. The van der Waals surface area contributed by atoms with Gasteiger partial charge in [0.15, 0.2) is 5.41 Å². The van der Waals surface area contributed by atoms with Crippen LogP contribution >= 0.6 is 0 Å². The maximum Gasteiger partial charge on any atom is 0.316 e. The molecule has 0 amide bonds. The molecule has 26 heavy (non-hydrogen) atoms. The number of hydrogen-bond acceptors (Lipinski definition) is 7. The molecule has 3 aliphatic carbocycles. The Balaban J connectivity index is 2.39. The Labute approximate surface area is 151 Å². The normalized spacial score (nSPS) is 38.8. The Bertz CT molecular complexity index is 850. The lowest BCUT2D eigenvalue weighted by Crippen LogP contribution is -2.65. The molecule has 7 heteroatoms. The number of hydrogen-bond donors (Lipinski definition) is 0. The first-order valence-electron chi connectivity index (χ1n) is 8.27. The van der Waals surface area contributed by atoms with Crippen molar-refractivity contribution in [2.24, 2.45) is 22.7 Å². The van der Waals surface area contributed by atoms with Crippen LogP contribution in [0.25, 0.3) is 0 Å². The molecule has 5 atom stereocenters. The van der Waals surface area contributed by atoms with Crippen LogP contribution in [0.2, 0.25) is 0 Å². The van der Waals surface area contributed by atoms with Crippen molar-refractivity contribution in [3.8, 4) is 24.3 Å². The van der Waals surface area contributed by atoms with E-state index in [2.05, 4.69) is 0 Å². The van der Waals surface area contributed by atoms with Gasteiger partial charge in [0, 0.05) is 12.3 Å². The van der Waals surface area contributed by atoms with Crippen molar-refractivity contribution in [3.05, 3.63) is 24.3 Å². The molecule has 0 aromatic heterocycles. The van der Waals surface area contributed by atoms with Gasteiger partial charge >= 0.3 is 5.97 Å². The second-order valence-electron chi connectivity index (χ2n) is 6.96. The lowest BCUT2D eigenvalue weighted by atomic mass is 9.49. The van der Waals surface area contributed by atoms with Crippen LogP contribution in [-0.4, -0.2) is 23.8 Å². The molecule has 130 valence electrons. The molecular weight excluding hydrogens is 332 g/mol. The van der Waals surface area contributed by atoms with E-state index in [1.54, 1.807) is 19.9 Å². The van der Waals surface area contributed by atoms with Crippen molar-refractivity contribution in [1.29, 1.82) is 21.0 Å².